The summed E-state index contributed by atoms with van der Waals surface area (Å²) >= 11 is 3.40. The van der Waals surface area contributed by atoms with Crippen molar-refractivity contribution < 1.29 is 14.9 Å². The zero-order chi connectivity index (χ0) is 15.0. The van der Waals surface area contributed by atoms with Crippen molar-refractivity contribution in [1.82, 2.24) is 10.6 Å². The van der Waals surface area contributed by atoms with Gasteiger partial charge in [-0.25, -0.2) is 4.79 Å². The molecule has 3 amide bonds. The average Bonchev–Trinajstić information content (AvgIpc) is 2.41. The van der Waals surface area contributed by atoms with Gasteiger partial charge in [0.25, 0.3) is 5.91 Å². The average molecular weight is 343 g/mol. The summed E-state index contributed by atoms with van der Waals surface area (Å²) in [4.78, 5) is 22.8. The fourth-order valence-corrected chi connectivity index (χ4v) is 2.14. The van der Waals surface area contributed by atoms with E-state index >= 15 is 0 Å². The molecule has 0 spiro atoms. The zero-order valence-electron chi connectivity index (χ0n) is 11.8. The van der Waals surface area contributed by atoms with Gasteiger partial charge in [0.2, 0.25) is 0 Å². The highest BCUT2D eigenvalue weighted by Gasteiger charge is 2.15. The number of carbonyl (C=O) groups is 2. The summed E-state index contributed by atoms with van der Waals surface area (Å²) in [6, 6.07) is 7.82. The number of quaternary nitrogens is 1. The van der Waals surface area contributed by atoms with Gasteiger partial charge in [-0.15, -0.1) is 0 Å². The van der Waals surface area contributed by atoms with E-state index in [0.717, 1.165) is 10.9 Å². The van der Waals surface area contributed by atoms with Crippen LogP contribution in [0.4, 0.5) is 4.79 Å². The molecule has 0 unspecified atom stereocenters. The Bertz CT molecular complexity index is 448. The van der Waals surface area contributed by atoms with Gasteiger partial charge >= 0.3 is 6.03 Å². The SMILES string of the molecule is CCNC(=O)NC(=O)C[NH2+][C@@H](CC)c1ccc(Br)cc1. The van der Waals surface area contributed by atoms with Crippen LogP contribution >= 0.6 is 15.9 Å². The Morgan fingerprint density at radius 2 is 1.90 bits per heavy atom. The van der Waals surface area contributed by atoms with Crippen LogP contribution in [0.3, 0.4) is 0 Å². The standard InChI is InChI=1S/C14H20BrN3O2/c1-3-12(10-5-7-11(15)8-6-10)17-9-13(19)18-14(20)16-4-2/h5-8,12,17H,3-4,9H2,1-2H3,(H2,16,18,19,20)/p+1/t12-/m0/s1. The number of hydrogen-bond acceptors (Lipinski definition) is 2. The highest BCUT2D eigenvalue weighted by Crippen LogP contribution is 2.16. The molecule has 0 fully saturated rings. The number of nitrogens with two attached hydrogens (primary N) is 1. The molecule has 0 heterocycles. The van der Waals surface area contributed by atoms with Crippen LogP contribution in [0.5, 0.6) is 0 Å². The molecule has 1 rings (SSSR count). The van der Waals surface area contributed by atoms with Crippen molar-refractivity contribution >= 4 is 27.9 Å². The van der Waals surface area contributed by atoms with E-state index in [4.69, 9.17) is 0 Å². The highest BCUT2D eigenvalue weighted by molar-refractivity contribution is 9.10. The molecule has 1 atom stereocenters. The van der Waals surface area contributed by atoms with Gasteiger partial charge in [0.1, 0.15) is 6.04 Å². The van der Waals surface area contributed by atoms with Crippen LogP contribution in [0.1, 0.15) is 31.9 Å². The summed E-state index contributed by atoms with van der Waals surface area (Å²) in [6.45, 7) is 4.60. The molecule has 0 saturated heterocycles. The van der Waals surface area contributed by atoms with Crippen molar-refractivity contribution in [2.75, 3.05) is 13.1 Å². The first kappa shape index (κ1) is 16.7. The molecule has 4 N–H and O–H groups in total. The molecule has 0 aliphatic heterocycles. The van der Waals surface area contributed by atoms with Crippen molar-refractivity contribution in [3.05, 3.63) is 34.3 Å². The summed E-state index contributed by atoms with van der Waals surface area (Å²) in [5.74, 6) is -0.286. The number of halogens is 1. The Morgan fingerprint density at radius 3 is 2.45 bits per heavy atom. The van der Waals surface area contributed by atoms with E-state index in [-0.39, 0.29) is 18.5 Å². The van der Waals surface area contributed by atoms with E-state index in [2.05, 4.69) is 33.5 Å². The summed E-state index contributed by atoms with van der Waals surface area (Å²) in [5, 5.41) is 6.76. The fourth-order valence-electron chi connectivity index (χ4n) is 1.88. The van der Waals surface area contributed by atoms with E-state index in [1.54, 1.807) is 6.92 Å². The lowest BCUT2D eigenvalue weighted by molar-refractivity contribution is -0.686. The maximum Gasteiger partial charge on any atom is 0.321 e. The quantitative estimate of drug-likeness (QED) is 0.729. The van der Waals surface area contributed by atoms with Crippen molar-refractivity contribution in [2.24, 2.45) is 0 Å². The second-order valence-corrected chi connectivity index (χ2v) is 5.33. The minimum atomic E-state index is -0.442. The predicted octanol–water partition coefficient (Wildman–Crippen LogP) is 1.31. The van der Waals surface area contributed by atoms with E-state index in [1.165, 1.54) is 5.56 Å². The Hall–Kier alpha value is -1.40. The van der Waals surface area contributed by atoms with Crippen LogP contribution in [0, 0.1) is 0 Å². The third kappa shape index (κ3) is 5.71. The van der Waals surface area contributed by atoms with Crippen LogP contribution in [0.15, 0.2) is 28.7 Å². The monoisotopic (exact) mass is 342 g/mol. The zero-order valence-corrected chi connectivity index (χ0v) is 13.4. The van der Waals surface area contributed by atoms with Gasteiger partial charge in [0.15, 0.2) is 6.54 Å². The number of hydrogen-bond donors (Lipinski definition) is 3. The fraction of sp³-hybridized carbons (Fsp3) is 0.429. The second kappa shape index (κ2) is 8.71. The first-order valence-electron chi connectivity index (χ1n) is 6.73. The Morgan fingerprint density at radius 1 is 1.25 bits per heavy atom. The van der Waals surface area contributed by atoms with E-state index < -0.39 is 6.03 Å². The Balaban J connectivity index is 2.47. The molecule has 20 heavy (non-hydrogen) atoms. The lowest BCUT2D eigenvalue weighted by Crippen LogP contribution is -2.87. The van der Waals surface area contributed by atoms with E-state index in [9.17, 15) is 9.59 Å². The van der Waals surface area contributed by atoms with Gasteiger partial charge in [-0.1, -0.05) is 35.0 Å². The normalized spacial score (nSPS) is 11.8. The smallest absolute Gasteiger partial charge is 0.321 e. The molecule has 0 aromatic heterocycles. The Kier molecular flexibility index (Phi) is 7.25. The van der Waals surface area contributed by atoms with Crippen LogP contribution in [-0.2, 0) is 4.79 Å². The topological polar surface area (TPSA) is 74.8 Å². The molecular formula is C14H21BrN3O2+. The molecule has 0 aliphatic carbocycles. The van der Waals surface area contributed by atoms with Gasteiger partial charge in [0, 0.05) is 23.0 Å². The largest absolute Gasteiger partial charge is 0.338 e. The van der Waals surface area contributed by atoms with Gasteiger partial charge in [0.05, 0.1) is 0 Å². The van der Waals surface area contributed by atoms with Gasteiger partial charge in [-0.05, 0) is 19.1 Å². The summed E-state index contributed by atoms with van der Waals surface area (Å²) in [5.41, 5.74) is 1.17. The van der Waals surface area contributed by atoms with Gasteiger partial charge in [-0.2, -0.15) is 0 Å². The minimum absolute atomic E-state index is 0.211. The maximum atomic E-state index is 11.6. The minimum Gasteiger partial charge on any atom is -0.338 e. The number of rotatable bonds is 6. The lowest BCUT2D eigenvalue weighted by atomic mass is 10.0. The molecule has 110 valence electrons. The lowest BCUT2D eigenvalue weighted by Gasteiger charge is -2.14. The molecule has 0 bridgehead atoms. The van der Waals surface area contributed by atoms with Crippen LogP contribution in [-0.4, -0.2) is 25.0 Å². The first-order valence-corrected chi connectivity index (χ1v) is 7.52. The van der Waals surface area contributed by atoms with Crippen LogP contribution < -0.4 is 16.0 Å². The molecule has 0 saturated carbocycles. The molecule has 5 nitrogen and oxygen atoms in total. The number of benzene rings is 1. The number of nitrogens with one attached hydrogen (secondary N) is 2. The first-order chi connectivity index (χ1) is 9.56. The van der Waals surface area contributed by atoms with Gasteiger partial charge in [-0.3, -0.25) is 10.1 Å². The van der Waals surface area contributed by atoms with Crippen molar-refractivity contribution in [2.45, 2.75) is 26.3 Å². The highest BCUT2D eigenvalue weighted by atomic mass is 79.9. The molecule has 1 aromatic rings. The molecule has 6 heteroatoms. The summed E-state index contributed by atoms with van der Waals surface area (Å²) in [6.07, 6.45) is 0.913. The molecular weight excluding hydrogens is 322 g/mol. The third-order valence-corrected chi connectivity index (χ3v) is 3.44. The van der Waals surface area contributed by atoms with Crippen LogP contribution in [0.2, 0.25) is 0 Å². The van der Waals surface area contributed by atoms with E-state index in [1.807, 2.05) is 29.6 Å². The predicted molar refractivity (Wildman–Crippen MR) is 81.2 cm³/mol. The summed E-state index contributed by atoms with van der Waals surface area (Å²) < 4.78 is 1.03. The number of amides is 3. The maximum absolute atomic E-state index is 11.6. The number of urea groups is 1. The molecule has 1 aromatic carbocycles. The molecule has 0 radical (unpaired) electrons. The summed E-state index contributed by atoms with van der Waals surface area (Å²) in [7, 11) is 0. The van der Waals surface area contributed by atoms with Crippen molar-refractivity contribution in [3.63, 3.8) is 0 Å². The van der Waals surface area contributed by atoms with Gasteiger partial charge < -0.3 is 10.6 Å². The Labute approximate surface area is 127 Å². The van der Waals surface area contributed by atoms with Crippen LogP contribution in [0.25, 0.3) is 0 Å². The van der Waals surface area contributed by atoms with E-state index in [0.29, 0.717) is 6.54 Å². The van der Waals surface area contributed by atoms with Crippen molar-refractivity contribution in [3.8, 4) is 0 Å². The number of carbonyl (C=O) groups excluding carboxylic acids is 2. The second-order valence-electron chi connectivity index (χ2n) is 4.41. The molecule has 0 aliphatic rings. The third-order valence-electron chi connectivity index (χ3n) is 2.92. The van der Waals surface area contributed by atoms with Crippen molar-refractivity contribution in [1.29, 1.82) is 0 Å². The number of imide groups is 1.